The van der Waals surface area contributed by atoms with Crippen molar-refractivity contribution in [1.82, 2.24) is 0 Å². The Morgan fingerprint density at radius 1 is 1.23 bits per heavy atom. The second kappa shape index (κ2) is 6.05. The summed E-state index contributed by atoms with van der Waals surface area (Å²) in [5.41, 5.74) is -0.154. The molecule has 4 rings (SSSR count). The van der Waals surface area contributed by atoms with Crippen LogP contribution in [0.3, 0.4) is 0 Å². The zero-order valence-electron chi connectivity index (χ0n) is 13.1. The summed E-state index contributed by atoms with van der Waals surface area (Å²) in [6.07, 6.45) is 0. The lowest BCUT2D eigenvalue weighted by atomic mass is 10.0. The Labute approximate surface area is 151 Å². The lowest BCUT2D eigenvalue weighted by molar-refractivity contribution is -0.270. The maximum atomic E-state index is 12.6. The largest absolute Gasteiger partial charge is 0.867 e. The molecule has 0 saturated carbocycles. The van der Waals surface area contributed by atoms with Gasteiger partial charge in [0.15, 0.2) is 12.2 Å². The van der Waals surface area contributed by atoms with Gasteiger partial charge in [-0.3, -0.25) is 4.79 Å². The second-order valence-electron chi connectivity index (χ2n) is 5.66. The number of aromatic carboxylic acids is 1. The molecule has 0 fully saturated rings. The van der Waals surface area contributed by atoms with E-state index in [1.807, 2.05) is 0 Å². The maximum Gasteiger partial charge on any atom is 0.335 e. The Balaban J connectivity index is 2.05. The molecule has 1 aliphatic rings. The van der Waals surface area contributed by atoms with Crippen molar-refractivity contribution >= 4 is 28.5 Å². The number of ether oxygens (including phenoxy) is 2. The normalized spacial score (nSPS) is 13.3. The van der Waals surface area contributed by atoms with Crippen LogP contribution in [0.1, 0.15) is 15.9 Å². The lowest BCUT2D eigenvalue weighted by Crippen LogP contribution is -2.16. The Morgan fingerprint density at radius 3 is 2.81 bits per heavy atom. The fourth-order valence-corrected chi connectivity index (χ4v) is 3.01. The highest BCUT2D eigenvalue weighted by atomic mass is 35.5. The van der Waals surface area contributed by atoms with Crippen molar-refractivity contribution in [3.8, 4) is 22.8 Å². The molecule has 2 aromatic carbocycles. The van der Waals surface area contributed by atoms with Crippen LogP contribution in [0.25, 0.3) is 22.3 Å². The van der Waals surface area contributed by atoms with Gasteiger partial charge < -0.3 is 24.1 Å². The van der Waals surface area contributed by atoms with Crippen molar-refractivity contribution < 1.29 is 28.9 Å². The van der Waals surface area contributed by atoms with Crippen molar-refractivity contribution in [3.63, 3.8) is 0 Å². The van der Waals surface area contributed by atoms with Crippen LogP contribution in [0, 0.1) is 0 Å². The average molecular weight is 374 g/mol. The Morgan fingerprint density at radius 2 is 2.04 bits per heavy atom. The van der Waals surface area contributed by atoms with Crippen LogP contribution in [-0.2, 0) is 11.3 Å². The summed E-state index contributed by atoms with van der Waals surface area (Å²) < 4.78 is 16.2. The van der Waals surface area contributed by atoms with Gasteiger partial charge in [-0.1, -0.05) is 11.6 Å². The highest BCUT2D eigenvalue weighted by Gasteiger charge is 2.23. The minimum absolute atomic E-state index is 0.0544. The first kappa shape index (κ1) is 16.4. The van der Waals surface area contributed by atoms with E-state index in [1.54, 1.807) is 0 Å². The van der Waals surface area contributed by atoms with E-state index in [9.17, 15) is 19.8 Å². The molecule has 0 unspecified atom stereocenters. The molecule has 7 nitrogen and oxygen atoms in total. The molecule has 0 aliphatic carbocycles. The van der Waals surface area contributed by atoms with Crippen molar-refractivity contribution in [2.45, 2.75) is 6.61 Å². The van der Waals surface area contributed by atoms with Gasteiger partial charge in [-0.15, -0.1) is 0 Å². The van der Waals surface area contributed by atoms with Gasteiger partial charge in [-0.25, -0.2) is 4.79 Å². The maximum absolute atomic E-state index is 12.6. The van der Waals surface area contributed by atoms with Gasteiger partial charge in [0.1, 0.15) is 17.1 Å². The third-order valence-corrected chi connectivity index (χ3v) is 4.25. The third-order valence-electron chi connectivity index (χ3n) is 4.01. The van der Waals surface area contributed by atoms with Crippen LogP contribution in [0.2, 0.25) is 5.02 Å². The van der Waals surface area contributed by atoms with Gasteiger partial charge in [0.2, 0.25) is 0 Å². The lowest BCUT2D eigenvalue weighted by Gasteiger charge is -2.22. The summed E-state index contributed by atoms with van der Waals surface area (Å²) in [4.78, 5) is 23.9. The zero-order valence-corrected chi connectivity index (χ0v) is 13.8. The van der Waals surface area contributed by atoms with E-state index < -0.39 is 17.1 Å². The Hall–Kier alpha value is -3.03. The molecule has 8 heteroatoms. The van der Waals surface area contributed by atoms with Crippen LogP contribution in [0.15, 0.2) is 39.5 Å². The molecular formula is C18H10ClO7-. The van der Waals surface area contributed by atoms with E-state index in [0.29, 0.717) is 10.6 Å². The summed E-state index contributed by atoms with van der Waals surface area (Å²) in [5, 5.41) is 22.2. The monoisotopic (exact) mass is 373 g/mol. The minimum Gasteiger partial charge on any atom is -0.867 e. The zero-order chi connectivity index (χ0) is 18.4. The van der Waals surface area contributed by atoms with Crippen molar-refractivity contribution in [2.75, 3.05) is 6.79 Å². The highest BCUT2D eigenvalue weighted by molar-refractivity contribution is 6.31. The average Bonchev–Trinajstić information content (AvgIpc) is 2.64. The van der Waals surface area contributed by atoms with E-state index in [0.717, 1.165) is 0 Å². The third kappa shape index (κ3) is 2.58. The van der Waals surface area contributed by atoms with Gasteiger partial charge in [-0.2, -0.15) is 0 Å². The first-order valence-corrected chi connectivity index (χ1v) is 7.88. The summed E-state index contributed by atoms with van der Waals surface area (Å²) in [5.74, 6) is -2.12. The fourth-order valence-electron chi connectivity index (χ4n) is 2.84. The Kier molecular flexibility index (Phi) is 3.82. The van der Waals surface area contributed by atoms with Crippen molar-refractivity contribution in [2.24, 2.45) is 0 Å². The number of hydrogen-bond acceptors (Lipinski definition) is 6. The standard InChI is InChI=1S/C18H11ClO7/c19-10-1-2-13-11(5-10)14(20)15(21)17(26-13)12-4-8(18(22)23)3-9-6-24-7-25-16(9)12/h1-5,21H,6-7H2,(H,22,23)/p-1. The van der Waals surface area contributed by atoms with Crippen LogP contribution >= 0.6 is 11.6 Å². The summed E-state index contributed by atoms with van der Waals surface area (Å²) >= 11 is 5.87. The molecule has 2 heterocycles. The van der Waals surface area contributed by atoms with Gasteiger partial charge in [0.05, 0.1) is 23.1 Å². The molecule has 1 aliphatic heterocycles. The number of rotatable bonds is 2. The van der Waals surface area contributed by atoms with E-state index in [-0.39, 0.29) is 47.0 Å². The molecule has 3 aromatic rings. The smallest absolute Gasteiger partial charge is 0.335 e. The molecule has 1 N–H and O–H groups in total. The SMILES string of the molecule is O=C(O)c1cc2c(c(-c3oc4ccc(Cl)cc4c(=O)c3[O-])c1)OCOC2. The van der Waals surface area contributed by atoms with Crippen LogP contribution in [0.5, 0.6) is 11.5 Å². The molecule has 132 valence electrons. The quantitative estimate of drug-likeness (QED) is 0.735. The van der Waals surface area contributed by atoms with Gasteiger partial charge in [0, 0.05) is 10.6 Å². The van der Waals surface area contributed by atoms with Crippen molar-refractivity contribution in [3.05, 3.63) is 56.7 Å². The number of fused-ring (bicyclic) bond motifs is 2. The molecule has 26 heavy (non-hydrogen) atoms. The number of carbonyl (C=O) groups is 1. The van der Waals surface area contributed by atoms with Crippen LogP contribution in [-0.4, -0.2) is 17.9 Å². The second-order valence-corrected chi connectivity index (χ2v) is 6.09. The number of hydrogen-bond donors (Lipinski definition) is 1. The predicted octanol–water partition coefficient (Wildman–Crippen LogP) is 2.75. The van der Waals surface area contributed by atoms with E-state index in [4.69, 9.17) is 25.5 Å². The van der Waals surface area contributed by atoms with Gasteiger partial charge >= 0.3 is 5.97 Å². The number of benzene rings is 2. The topological polar surface area (TPSA) is 109 Å². The van der Waals surface area contributed by atoms with Gasteiger partial charge in [0.25, 0.3) is 0 Å². The molecule has 0 atom stereocenters. The molecular weight excluding hydrogens is 364 g/mol. The van der Waals surface area contributed by atoms with Crippen LogP contribution < -0.4 is 15.3 Å². The molecule has 0 bridgehead atoms. The summed E-state index contributed by atoms with van der Waals surface area (Å²) in [6, 6.07) is 6.98. The number of carboxylic acid groups (broad SMARTS) is 1. The van der Waals surface area contributed by atoms with Gasteiger partial charge in [-0.05, 0) is 36.1 Å². The molecule has 1 aromatic heterocycles. The highest BCUT2D eigenvalue weighted by Crippen LogP contribution is 2.40. The van der Waals surface area contributed by atoms with Crippen LogP contribution in [0.4, 0.5) is 0 Å². The van der Waals surface area contributed by atoms with E-state index >= 15 is 0 Å². The number of carboxylic acids is 1. The molecule has 0 amide bonds. The summed E-state index contributed by atoms with van der Waals surface area (Å²) in [6.45, 7) is 0.0547. The van der Waals surface area contributed by atoms with E-state index in [1.165, 1.54) is 30.3 Å². The van der Waals surface area contributed by atoms with E-state index in [2.05, 4.69) is 0 Å². The predicted molar refractivity (Wildman–Crippen MR) is 89.6 cm³/mol. The fraction of sp³-hybridized carbons (Fsp3) is 0.111. The molecule has 0 radical (unpaired) electrons. The number of halogens is 1. The summed E-state index contributed by atoms with van der Waals surface area (Å²) in [7, 11) is 0. The first-order chi connectivity index (χ1) is 12.5. The Bertz CT molecular complexity index is 1120. The molecule has 0 saturated heterocycles. The minimum atomic E-state index is -1.19. The molecule has 0 spiro atoms. The van der Waals surface area contributed by atoms with Crippen molar-refractivity contribution in [1.29, 1.82) is 0 Å². The first-order valence-electron chi connectivity index (χ1n) is 7.50.